The molecule has 0 spiro atoms. The molecule has 0 amide bonds. The maximum absolute atomic E-state index is 10.9. The lowest BCUT2D eigenvalue weighted by Crippen LogP contribution is -2.44. The van der Waals surface area contributed by atoms with E-state index in [4.69, 9.17) is 36.5 Å². The molecule has 0 aliphatic carbocycles. The molecule has 0 rings (SSSR count). The first kappa shape index (κ1) is 12.2. The predicted molar refractivity (Wildman–Crippen MR) is 48.1 cm³/mol. The van der Waals surface area contributed by atoms with Crippen molar-refractivity contribution >= 4 is 43.3 Å². The Morgan fingerprint density at radius 2 is 1.54 bits per heavy atom. The normalized spacial score (nSPS) is 12.1. The van der Waals surface area contributed by atoms with Gasteiger partial charge >= 0.3 is 0 Å². The van der Waals surface area contributed by atoms with Crippen LogP contribution in [0.25, 0.3) is 0 Å². The van der Waals surface area contributed by atoms with Gasteiger partial charge in [0.25, 0.3) is 11.9 Å². The van der Waals surface area contributed by atoms with Gasteiger partial charge in [-0.05, 0) is 10.4 Å². The van der Waals surface area contributed by atoms with E-state index in [1.165, 1.54) is 0 Å². The number of carbonyl (C=O) groups excluding carboxylic acids is 1. The van der Waals surface area contributed by atoms with E-state index in [1.54, 1.807) is 0 Å². The Labute approximate surface area is 81.0 Å². The molecule has 8 radical (unpaired) electrons. The van der Waals surface area contributed by atoms with Crippen LogP contribution in [0.4, 0.5) is 0 Å². The Hall–Kier alpha value is -0.800. The number of esters is 1. The van der Waals surface area contributed by atoms with Crippen molar-refractivity contribution in [2.75, 3.05) is 7.11 Å². The van der Waals surface area contributed by atoms with Gasteiger partial charge in [0.1, 0.15) is 0 Å². The second kappa shape index (κ2) is 3.52. The van der Waals surface area contributed by atoms with Crippen LogP contribution in [0.3, 0.4) is 0 Å². The van der Waals surface area contributed by atoms with E-state index in [-0.39, 0.29) is 0 Å². The fraction of sp³-hybridized carbons (Fsp3) is 0.600. The molecule has 0 aromatic rings. The summed E-state index contributed by atoms with van der Waals surface area (Å²) in [6, 6.07) is 0. The Morgan fingerprint density at radius 1 is 1.15 bits per heavy atom. The number of carboxylic acid groups (broad SMARTS) is 1. The standard InChI is InChI=1S/C5H4B4O4/c1-13-3(12)5(8,9)4(6,7)2(10)11/h1H3,(H,10,11). The SMILES string of the molecule is [B]C([B])(C(=O)O)C([B])([B])C(=O)OC. The molecule has 0 aromatic heterocycles. The van der Waals surface area contributed by atoms with Crippen LogP contribution < -0.4 is 0 Å². The zero-order valence-electron chi connectivity index (χ0n) is 6.98. The molecule has 0 atom stereocenters. The van der Waals surface area contributed by atoms with Gasteiger partial charge in [-0.2, -0.15) is 0 Å². The third kappa shape index (κ3) is 1.92. The summed E-state index contributed by atoms with van der Waals surface area (Å²) in [4.78, 5) is 21.4. The van der Waals surface area contributed by atoms with Crippen molar-refractivity contribution in [2.24, 2.45) is 0 Å². The molecule has 0 saturated carbocycles. The summed E-state index contributed by atoms with van der Waals surface area (Å²) in [6.07, 6.45) is 0. The third-order valence-corrected chi connectivity index (χ3v) is 1.56. The van der Waals surface area contributed by atoms with Gasteiger partial charge in [0.15, 0.2) is 0 Å². The third-order valence-electron chi connectivity index (χ3n) is 1.56. The van der Waals surface area contributed by atoms with Crippen molar-refractivity contribution in [1.29, 1.82) is 0 Å². The highest BCUT2D eigenvalue weighted by Crippen LogP contribution is 2.42. The van der Waals surface area contributed by atoms with Crippen LogP contribution in [0, 0.1) is 0 Å². The van der Waals surface area contributed by atoms with Crippen LogP contribution in [0.15, 0.2) is 0 Å². The molecular formula is C5H4B4O4. The van der Waals surface area contributed by atoms with E-state index in [0.717, 1.165) is 7.11 Å². The first-order chi connectivity index (χ1) is 5.67. The van der Waals surface area contributed by atoms with Gasteiger partial charge in [-0.15, -0.1) is 0 Å². The number of carboxylic acids is 1. The number of aliphatic carboxylic acids is 1. The van der Waals surface area contributed by atoms with Gasteiger partial charge in [0.05, 0.1) is 38.5 Å². The molecule has 13 heavy (non-hydrogen) atoms. The van der Waals surface area contributed by atoms with Crippen molar-refractivity contribution in [3.05, 3.63) is 0 Å². The molecule has 0 aliphatic rings. The second-order valence-electron chi connectivity index (χ2n) is 2.53. The molecule has 0 aromatic carbocycles. The topological polar surface area (TPSA) is 63.6 Å². The minimum absolute atomic E-state index is 0.981. The molecule has 0 unspecified atom stereocenters. The summed E-state index contributed by atoms with van der Waals surface area (Å²) in [6.45, 7) is 0. The Kier molecular flexibility index (Phi) is 3.30. The lowest BCUT2D eigenvalue weighted by Gasteiger charge is -2.37. The summed E-state index contributed by atoms with van der Waals surface area (Å²) in [5, 5.41) is 3.44. The highest BCUT2D eigenvalue weighted by atomic mass is 16.5. The Balaban J connectivity index is 5.02. The summed E-state index contributed by atoms with van der Waals surface area (Å²) >= 11 is 0. The number of hydrogen-bond acceptors (Lipinski definition) is 3. The summed E-state index contributed by atoms with van der Waals surface area (Å²) in [5.41, 5.74) is 0. The zero-order valence-corrected chi connectivity index (χ0v) is 6.98. The molecule has 0 saturated heterocycles. The maximum atomic E-state index is 10.9. The quantitative estimate of drug-likeness (QED) is 0.400. The number of ether oxygens (including phenoxy) is 1. The number of carbonyl (C=O) groups is 2. The van der Waals surface area contributed by atoms with Gasteiger partial charge in [-0.25, -0.2) is 0 Å². The molecular weight excluding hydrogens is 167 g/mol. The average Bonchev–Trinajstić information content (AvgIpc) is 2.02. The summed E-state index contributed by atoms with van der Waals surface area (Å²) < 4.78 is 4.14. The van der Waals surface area contributed by atoms with E-state index in [9.17, 15) is 9.59 Å². The van der Waals surface area contributed by atoms with Crippen molar-refractivity contribution in [2.45, 2.75) is 10.4 Å². The number of rotatable bonds is 3. The average molecular weight is 171 g/mol. The van der Waals surface area contributed by atoms with Crippen LogP contribution in [0.5, 0.6) is 0 Å². The van der Waals surface area contributed by atoms with Gasteiger partial charge < -0.3 is 9.84 Å². The largest absolute Gasteiger partial charge is 0.482 e. The van der Waals surface area contributed by atoms with Crippen molar-refractivity contribution < 1.29 is 19.4 Å². The number of methoxy groups -OCH3 is 1. The Morgan fingerprint density at radius 3 is 1.77 bits per heavy atom. The highest BCUT2D eigenvalue weighted by molar-refractivity contribution is 6.65. The molecule has 0 aliphatic heterocycles. The van der Waals surface area contributed by atoms with Crippen molar-refractivity contribution in [1.82, 2.24) is 0 Å². The van der Waals surface area contributed by atoms with E-state index < -0.39 is 22.4 Å². The second-order valence-corrected chi connectivity index (χ2v) is 2.53. The van der Waals surface area contributed by atoms with Crippen LogP contribution >= 0.6 is 0 Å². The van der Waals surface area contributed by atoms with Crippen molar-refractivity contribution in [3.63, 3.8) is 0 Å². The van der Waals surface area contributed by atoms with Gasteiger partial charge in [0.2, 0.25) is 0 Å². The Bertz CT molecular complexity index is 237. The molecule has 0 heterocycles. The lowest BCUT2D eigenvalue weighted by molar-refractivity contribution is -0.147. The van der Waals surface area contributed by atoms with Crippen LogP contribution in [0.1, 0.15) is 0 Å². The van der Waals surface area contributed by atoms with Crippen LogP contribution in [0.2, 0.25) is 10.4 Å². The molecule has 4 nitrogen and oxygen atoms in total. The van der Waals surface area contributed by atoms with Gasteiger partial charge in [-0.1, -0.05) is 0 Å². The van der Waals surface area contributed by atoms with Crippen LogP contribution in [-0.2, 0) is 14.3 Å². The monoisotopic (exact) mass is 172 g/mol. The fourth-order valence-corrected chi connectivity index (χ4v) is 0.515. The highest BCUT2D eigenvalue weighted by Gasteiger charge is 2.46. The lowest BCUT2D eigenvalue weighted by atomic mass is 9.29. The summed E-state index contributed by atoms with van der Waals surface area (Å²) in [7, 11) is 21.3. The molecule has 1 N–H and O–H groups in total. The predicted octanol–water partition coefficient (Wildman–Crippen LogP) is -1.85. The first-order valence-electron chi connectivity index (χ1n) is 3.15. The zero-order chi connectivity index (χ0) is 10.9. The molecule has 60 valence electrons. The number of hydrogen-bond donors (Lipinski definition) is 1. The van der Waals surface area contributed by atoms with Gasteiger partial charge in [-0.3, -0.25) is 9.59 Å². The van der Waals surface area contributed by atoms with Crippen molar-refractivity contribution in [3.8, 4) is 0 Å². The van der Waals surface area contributed by atoms with E-state index in [2.05, 4.69) is 4.74 Å². The van der Waals surface area contributed by atoms with E-state index in [0.29, 0.717) is 0 Å². The fourth-order valence-electron chi connectivity index (χ4n) is 0.515. The molecule has 0 fully saturated rings. The van der Waals surface area contributed by atoms with Crippen LogP contribution in [-0.4, -0.2) is 55.5 Å². The van der Waals surface area contributed by atoms with E-state index >= 15 is 0 Å². The smallest absolute Gasteiger partial charge is 0.294 e. The van der Waals surface area contributed by atoms with Gasteiger partial charge in [0, 0.05) is 0 Å². The summed E-state index contributed by atoms with van der Waals surface area (Å²) in [5.74, 6) is -2.91. The minimum atomic E-state index is -2.58. The molecule has 0 bridgehead atoms. The molecule has 8 heteroatoms. The first-order valence-corrected chi connectivity index (χ1v) is 3.15. The minimum Gasteiger partial charge on any atom is -0.482 e. The maximum Gasteiger partial charge on any atom is 0.294 e. The van der Waals surface area contributed by atoms with E-state index in [1.807, 2.05) is 0 Å².